The fraction of sp³-hybridized carbons (Fsp3) is 0.0588. The summed E-state index contributed by atoms with van der Waals surface area (Å²) in [6.45, 7) is 0. The largest absolute Gasteiger partial charge is 0.383 e. The van der Waals surface area contributed by atoms with Gasteiger partial charge in [-0.25, -0.2) is 18.8 Å². The van der Waals surface area contributed by atoms with Crippen molar-refractivity contribution < 1.29 is 0 Å². The third-order valence-corrected chi connectivity index (χ3v) is 4.13. The van der Waals surface area contributed by atoms with Crippen LogP contribution >= 0.6 is 0 Å². The van der Waals surface area contributed by atoms with E-state index in [0.717, 1.165) is 9.25 Å². The molecule has 0 radical (unpaired) electrons. The van der Waals surface area contributed by atoms with Crippen LogP contribution in [0.2, 0.25) is 0 Å². The Morgan fingerprint density at radius 3 is 2.48 bits per heavy atom. The fourth-order valence-electron chi connectivity index (χ4n) is 3.04. The monoisotopic (exact) mass is 332 g/mol. The van der Waals surface area contributed by atoms with E-state index in [1.165, 1.54) is 4.68 Å². The standard InChI is InChI=1S/C17H12N6O2/c18-9-13-14(11-5-4-8-20-10-11)22-16(24)21(12-6-2-1-3-7-12)17(25)23(22)15(13)19/h1-8,10,14H,19H2. The quantitative estimate of drug-likeness (QED) is 0.732. The van der Waals surface area contributed by atoms with Gasteiger partial charge in [0.05, 0.1) is 5.69 Å². The minimum Gasteiger partial charge on any atom is -0.383 e. The van der Waals surface area contributed by atoms with Crippen molar-refractivity contribution in [2.75, 3.05) is 0 Å². The maximum absolute atomic E-state index is 13.0. The van der Waals surface area contributed by atoms with Crippen LogP contribution in [-0.2, 0) is 0 Å². The number of pyridine rings is 1. The Hall–Kier alpha value is -3.86. The first-order valence-corrected chi connectivity index (χ1v) is 7.47. The second-order valence-corrected chi connectivity index (χ2v) is 5.49. The van der Waals surface area contributed by atoms with Crippen molar-refractivity contribution >= 4 is 5.82 Å². The maximum Gasteiger partial charge on any atom is 0.358 e. The topological polar surface area (TPSA) is 112 Å². The van der Waals surface area contributed by atoms with Crippen LogP contribution in [0.4, 0.5) is 0 Å². The summed E-state index contributed by atoms with van der Waals surface area (Å²) in [5.74, 6) is -0.0480. The van der Waals surface area contributed by atoms with Gasteiger partial charge in [-0.05, 0) is 18.2 Å². The van der Waals surface area contributed by atoms with Crippen molar-refractivity contribution in [3.05, 3.63) is 87.0 Å². The Morgan fingerprint density at radius 1 is 1.08 bits per heavy atom. The van der Waals surface area contributed by atoms with E-state index in [4.69, 9.17) is 5.73 Å². The number of nitrogens with zero attached hydrogens (tertiary/aromatic N) is 5. The predicted octanol–water partition coefficient (Wildman–Crippen LogP) is 0.450. The van der Waals surface area contributed by atoms with Crippen molar-refractivity contribution in [2.24, 2.45) is 5.73 Å². The fourth-order valence-corrected chi connectivity index (χ4v) is 3.04. The van der Waals surface area contributed by atoms with Gasteiger partial charge in [-0.15, -0.1) is 0 Å². The summed E-state index contributed by atoms with van der Waals surface area (Å²) in [7, 11) is 0. The molecule has 122 valence electrons. The first-order valence-electron chi connectivity index (χ1n) is 7.47. The van der Waals surface area contributed by atoms with Crippen LogP contribution in [0.5, 0.6) is 0 Å². The van der Waals surface area contributed by atoms with E-state index >= 15 is 0 Å². The Kier molecular flexibility index (Phi) is 3.15. The molecule has 0 amide bonds. The minimum absolute atomic E-state index is 0.0480. The number of fused-ring (bicyclic) bond motifs is 1. The lowest BCUT2D eigenvalue weighted by Crippen LogP contribution is -2.30. The molecule has 3 aromatic rings. The van der Waals surface area contributed by atoms with Gasteiger partial charge in [-0.3, -0.25) is 4.98 Å². The molecule has 25 heavy (non-hydrogen) atoms. The third-order valence-electron chi connectivity index (χ3n) is 4.13. The second kappa shape index (κ2) is 5.35. The molecule has 1 atom stereocenters. The number of aromatic nitrogens is 4. The molecule has 1 aromatic carbocycles. The summed E-state index contributed by atoms with van der Waals surface area (Å²) >= 11 is 0. The molecule has 0 bridgehead atoms. The number of nitrogens with two attached hydrogens (primary N) is 1. The number of rotatable bonds is 2. The van der Waals surface area contributed by atoms with E-state index in [9.17, 15) is 14.9 Å². The van der Waals surface area contributed by atoms with E-state index in [1.807, 2.05) is 6.07 Å². The molecular formula is C17H12N6O2. The molecule has 0 spiro atoms. The van der Waals surface area contributed by atoms with Crippen LogP contribution in [0.15, 0.2) is 70.0 Å². The normalized spacial score (nSPS) is 15.9. The lowest BCUT2D eigenvalue weighted by atomic mass is 10.0. The summed E-state index contributed by atoms with van der Waals surface area (Å²) in [5.41, 5.74) is 6.00. The van der Waals surface area contributed by atoms with Crippen molar-refractivity contribution in [1.29, 1.82) is 5.26 Å². The Morgan fingerprint density at radius 2 is 1.84 bits per heavy atom. The van der Waals surface area contributed by atoms with E-state index in [-0.39, 0.29) is 11.4 Å². The zero-order valence-electron chi connectivity index (χ0n) is 12.9. The number of allylic oxidation sites excluding steroid dienone is 1. The zero-order valence-corrected chi connectivity index (χ0v) is 12.9. The highest BCUT2D eigenvalue weighted by Gasteiger charge is 2.36. The summed E-state index contributed by atoms with van der Waals surface area (Å²) in [6, 6.07) is 13.2. The average molecular weight is 332 g/mol. The molecule has 1 aliphatic heterocycles. The molecule has 0 saturated carbocycles. The van der Waals surface area contributed by atoms with Crippen LogP contribution in [-0.4, -0.2) is 18.9 Å². The molecule has 4 rings (SSSR count). The van der Waals surface area contributed by atoms with Crippen molar-refractivity contribution in [1.82, 2.24) is 18.9 Å². The SMILES string of the molecule is N#CC1=C(N)n2c(=O)n(-c3ccccc3)c(=O)n2C1c1cccnc1. The Labute approximate surface area is 141 Å². The molecule has 2 N–H and O–H groups in total. The van der Waals surface area contributed by atoms with Crippen LogP contribution in [0.1, 0.15) is 11.6 Å². The van der Waals surface area contributed by atoms with Gasteiger partial charge in [0.25, 0.3) is 0 Å². The summed E-state index contributed by atoms with van der Waals surface area (Å²) in [5, 5.41) is 9.48. The number of hydrogen-bond donors (Lipinski definition) is 1. The van der Waals surface area contributed by atoms with Crippen LogP contribution in [0, 0.1) is 11.3 Å². The molecule has 0 fully saturated rings. The molecule has 1 aliphatic rings. The molecule has 8 heteroatoms. The van der Waals surface area contributed by atoms with Crippen molar-refractivity contribution in [3.63, 3.8) is 0 Å². The van der Waals surface area contributed by atoms with Gasteiger partial charge >= 0.3 is 11.4 Å². The van der Waals surface area contributed by atoms with E-state index in [1.54, 1.807) is 54.9 Å². The lowest BCUT2D eigenvalue weighted by molar-refractivity contribution is 0.553. The van der Waals surface area contributed by atoms with Gasteiger partial charge in [0.1, 0.15) is 23.5 Å². The van der Waals surface area contributed by atoms with Crippen molar-refractivity contribution in [3.8, 4) is 11.8 Å². The van der Waals surface area contributed by atoms with E-state index in [0.29, 0.717) is 11.3 Å². The summed E-state index contributed by atoms with van der Waals surface area (Å²) < 4.78 is 3.27. The van der Waals surface area contributed by atoms with Gasteiger partial charge in [0.2, 0.25) is 0 Å². The van der Waals surface area contributed by atoms with Gasteiger partial charge in [0.15, 0.2) is 0 Å². The third kappa shape index (κ3) is 1.96. The zero-order chi connectivity index (χ0) is 17.6. The lowest BCUT2D eigenvalue weighted by Gasteiger charge is -2.11. The molecule has 1 unspecified atom stereocenters. The molecule has 2 aromatic heterocycles. The van der Waals surface area contributed by atoms with Gasteiger partial charge in [0, 0.05) is 18.0 Å². The first-order chi connectivity index (χ1) is 12.1. The molecule has 8 nitrogen and oxygen atoms in total. The number of hydrogen-bond acceptors (Lipinski definition) is 5. The van der Waals surface area contributed by atoms with E-state index < -0.39 is 17.4 Å². The second-order valence-electron chi connectivity index (χ2n) is 5.49. The average Bonchev–Trinajstić information content (AvgIpc) is 3.09. The molecule has 3 heterocycles. The first kappa shape index (κ1) is 14.7. The number of benzene rings is 1. The highest BCUT2D eigenvalue weighted by Crippen LogP contribution is 2.31. The number of nitriles is 1. The highest BCUT2D eigenvalue weighted by molar-refractivity contribution is 5.60. The van der Waals surface area contributed by atoms with E-state index in [2.05, 4.69) is 4.98 Å². The van der Waals surface area contributed by atoms with Gasteiger partial charge in [-0.1, -0.05) is 24.3 Å². The summed E-state index contributed by atoms with van der Waals surface area (Å²) in [4.78, 5) is 29.8. The smallest absolute Gasteiger partial charge is 0.358 e. The molecule has 0 aliphatic carbocycles. The molecule has 0 saturated heterocycles. The predicted molar refractivity (Wildman–Crippen MR) is 89.7 cm³/mol. The Bertz CT molecular complexity index is 1150. The van der Waals surface area contributed by atoms with Gasteiger partial charge < -0.3 is 5.73 Å². The Balaban J connectivity index is 2.06. The number of para-hydroxylation sites is 1. The van der Waals surface area contributed by atoms with Gasteiger partial charge in [-0.2, -0.15) is 9.94 Å². The minimum atomic E-state index is -0.788. The van der Waals surface area contributed by atoms with Crippen LogP contribution in [0.3, 0.4) is 0 Å². The van der Waals surface area contributed by atoms with Crippen LogP contribution < -0.4 is 17.1 Å². The summed E-state index contributed by atoms with van der Waals surface area (Å²) in [6.07, 6.45) is 3.13. The molecular weight excluding hydrogens is 320 g/mol. The van der Waals surface area contributed by atoms with Crippen molar-refractivity contribution in [2.45, 2.75) is 6.04 Å². The highest BCUT2D eigenvalue weighted by atomic mass is 16.2. The van der Waals surface area contributed by atoms with Crippen LogP contribution in [0.25, 0.3) is 11.5 Å². The maximum atomic E-state index is 13.0.